The van der Waals surface area contributed by atoms with Gasteiger partial charge >= 0.3 is 6.03 Å². The summed E-state index contributed by atoms with van der Waals surface area (Å²) in [6, 6.07) is 7.90. The van der Waals surface area contributed by atoms with Gasteiger partial charge in [0.1, 0.15) is 0 Å². The standard InChI is InChI=1S/C14H17N5O/c1-11-2-4-12(5-3-11)17-14(20)18-9-6-13(10-18)19-15-7-8-16-19/h2-5,7-8,13H,6,9-10H2,1H3,(H,17,20). The summed E-state index contributed by atoms with van der Waals surface area (Å²) in [5.41, 5.74) is 2.00. The molecule has 0 aliphatic carbocycles. The number of hydrogen-bond acceptors (Lipinski definition) is 3. The molecule has 1 unspecified atom stereocenters. The maximum atomic E-state index is 12.2. The van der Waals surface area contributed by atoms with E-state index < -0.39 is 0 Å². The number of amides is 2. The van der Waals surface area contributed by atoms with Crippen LogP contribution < -0.4 is 5.32 Å². The molecule has 2 aromatic rings. The van der Waals surface area contributed by atoms with E-state index in [1.807, 2.05) is 31.2 Å². The number of urea groups is 1. The highest BCUT2D eigenvalue weighted by molar-refractivity contribution is 5.89. The van der Waals surface area contributed by atoms with Crippen molar-refractivity contribution in [3.05, 3.63) is 42.2 Å². The second kappa shape index (κ2) is 5.32. The molecule has 1 atom stereocenters. The summed E-state index contributed by atoms with van der Waals surface area (Å²) in [5.74, 6) is 0. The van der Waals surface area contributed by atoms with E-state index in [4.69, 9.17) is 0 Å². The van der Waals surface area contributed by atoms with Crippen molar-refractivity contribution in [1.29, 1.82) is 0 Å². The van der Waals surface area contributed by atoms with Gasteiger partial charge in [0, 0.05) is 18.8 Å². The molecule has 3 rings (SSSR count). The van der Waals surface area contributed by atoms with E-state index in [0.717, 1.165) is 18.7 Å². The topological polar surface area (TPSA) is 63.1 Å². The van der Waals surface area contributed by atoms with Gasteiger partial charge in [-0.25, -0.2) is 4.79 Å². The summed E-state index contributed by atoms with van der Waals surface area (Å²) in [6.45, 7) is 3.39. The largest absolute Gasteiger partial charge is 0.322 e. The number of likely N-dealkylation sites (tertiary alicyclic amines) is 1. The van der Waals surface area contributed by atoms with Gasteiger partial charge in [0.15, 0.2) is 0 Å². The van der Waals surface area contributed by atoms with Crippen molar-refractivity contribution in [3.8, 4) is 0 Å². The zero-order chi connectivity index (χ0) is 13.9. The zero-order valence-electron chi connectivity index (χ0n) is 11.4. The molecule has 1 fully saturated rings. The van der Waals surface area contributed by atoms with Gasteiger partial charge in [0.05, 0.1) is 18.4 Å². The second-order valence-electron chi connectivity index (χ2n) is 5.03. The van der Waals surface area contributed by atoms with Crippen LogP contribution in [0.4, 0.5) is 10.5 Å². The molecule has 1 aliphatic rings. The lowest BCUT2D eigenvalue weighted by molar-refractivity contribution is 0.220. The normalized spacial score (nSPS) is 18.2. The highest BCUT2D eigenvalue weighted by atomic mass is 16.2. The van der Waals surface area contributed by atoms with Gasteiger partial charge in [-0.05, 0) is 25.5 Å². The molecule has 1 saturated heterocycles. The Balaban J connectivity index is 1.60. The molecule has 20 heavy (non-hydrogen) atoms. The molecule has 6 nitrogen and oxygen atoms in total. The van der Waals surface area contributed by atoms with E-state index in [1.165, 1.54) is 5.56 Å². The quantitative estimate of drug-likeness (QED) is 0.909. The van der Waals surface area contributed by atoms with Crippen molar-refractivity contribution < 1.29 is 4.79 Å². The number of anilines is 1. The monoisotopic (exact) mass is 271 g/mol. The predicted molar refractivity (Wildman–Crippen MR) is 75.4 cm³/mol. The van der Waals surface area contributed by atoms with Gasteiger partial charge in [0.2, 0.25) is 0 Å². The molecule has 1 aromatic carbocycles. The Morgan fingerprint density at radius 2 is 1.95 bits per heavy atom. The number of hydrogen-bond donors (Lipinski definition) is 1. The minimum absolute atomic E-state index is 0.0662. The van der Waals surface area contributed by atoms with Crippen LogP contribution in [0.15, 0.2) is 36.7 Å². The molecule has 0 saturated carbocycles. The van der Waals surface area contributed by atoms with Gasteiger partial charge in [-0.3, -0.25) is 0 Å². The summed E-state index contributed by atoms with van der Waals surface area (Å²) >= 11 is 0. The minimum atomic E-state index is -0.0662. The average molecular weight is 271 g/mol. The molecule has 2 heterocycles. The van der Waals surface area contributed by atoms with Gasteiger partial charge in [-0.2, -0.15) is 15.0 Å². The van der Waals surface area contributed by atoms with Crippen molar-refractivity contribution in [2.75, 3.05) is 18.4 Å². The molecule has 0 bridgehead atoms. The fraction of sp³-hybridized carbons (Fsp3) is 0.357. The van der Waals surface area contributed by atoms with E-state index in [-0.39, 0.29) is 12.1 Å². The van der Waals surface area contributed by atoms with Crippen LogP contribution >= 0.6 is 0 Å². The Labute approximate surface area is 117 Å². The van der Waals surface area contributed by atoms with Crippen molar-refractivity contribution in [2.45, 2.75) is 19.4 Å². The third kappa shape index (κ3) is 2.64. The minimum Gasteiger partial charge on any atom is -0.322 e. The fourth-order valence-corrected chi connectivity index (χ4v) is 2.37. The Morgan fingerprint density at radius 3 is 2.65 bits per heavy atom. The van der Waals surface area contributed by atoms with Crippen LogP contribution in [0, 0.1) is 6.92 Å². The van der Waals surface area contributed by atoms with Crippen LogP contribution in [-0.2, 0) is 0 Å². The highest BCUT2D eigenvalue weighted by Gasteiger charge is 2.28. The third-order valence-corrected chi connectivity index (χ3v) is 3.52. The first-order chi connectivity index (χ1) is 9.72. The first-order valence-corrected chi connectivity index (χ1v) is 6.71. The van der Waals surface area contributed by atoms with Crippen molar-refractivity contribution in [2.24, 2.45) is 0 Å². The van der Waals surface area contributed by atoms with E-state index in [0.29, 0.717) is 6.54 Å². The summed E-state index contributed by atoms with van der Waals surface area (Å²) < 4.78 is 0. The average Bonchev–Trinajstić information content (AvgIpc) is 3.11. The SMILES string of the molecule is Cc1ccc(NC(=O)N2CCC(n3nccn3)C2)cc1. The molecule has 1 aliphatic heterocycles. The Kier molecular flexibility index (Phi) is 3.37. The Hall–Kier alpha value is -2.37. The number of nitrogens with zero attached hydrogens (tertiary/aromatic N) is 4. The van der Waals surface area contributed by atoms with Crippen LogP contribution in [0.25, 0.3) is 0 Å². The maximum absolute atomic E-state index is 12.2. The summed E-state index contributed by atoms with van der Waals surface area (Å²) in [7, 11) is 0. The lowest BCUT2D eigenvalue weighted by atomic mass is 10.2. The number of aryl methyl sites for hydroxylation is 1. The lowest BCUT2D eigenvalue weighted by Gasteiger charge is -2.17. The van der Waals surface area contributed by atoms with Crippen molar-refractivity contribution >= 4 is 11.7 Å². The fourth-order valence-electron chi connectivity index (χ4n) is 2.37. The van der Waals surface area contributed by atoms with E-state index in [1.54, 1.807) is 22.1 Å². The summed E-state index contributed by atoms with van der Waals surface area (Å²) in [4.78, 5) is 15.7. The number of nitrogens with one attached hydrogen (secondary N) is 1. The number of carbonyl (C=O) groups is 1. The lowest BCUT2D eigenvalue weighted by Crippen LogP contribution is -2.33. The molecule has 1 aromatic heterocycles. The van der Waals surface area contributed by atoms with Crippen LogP contribution in [-0.4, -0.2) is 39.0 Å². The molecule has 0 spiro atoms. The molecular weight excluding hydrogens is 254 g/mol. The van der Waals surface area contributed by atoms with Gasteiger partial charge in [0.25, 0.3) is 0 Å². The number of carbonyl (C=O) groups excluding carboxylic acids is 1. The molecule has 104 valence electrons. The van der Waals surface area contributed by atoms with Gasteiger partial charge in [-0.1, -0.05) is 17.7 Å². The second-order valence-corrected chi connectivity index (χ2v) is 5.03. The third-order valence-electron chi connectivity index (χ3n) is 3.52. The molecular formula is C14H17N5O. The summed E-state index contributed by atoms with van der Waals surface area (Å²) in [6.07, 6.45) is 4.21. The number of benzene rings is 1. The van der Waals surface area contributed by atoms with Crippen LogP contribution in [0.2, 0.25) is 0 Å². The van der Waals surface area contributed by atoms with E-state index in [9.17, 15) is 4.79 Å². The summed E-state index contributed by atoms with van der Waals surface area (Å²) in [5, 5.41) is 11.2. The van der Waals surface area contributed by atoms with E-state index >= 15 is 0 Å². The smallest absolute Gasteiger partial charge is 0.321 e. The predicted octanol–water partition coefficient (Wildman–Crippen LogP) is 2.07. The Morgan fingerprint density at radius 1 is 1.25 bits per heavy atom. The van der Waals surface area contributed by atoms with Crippen molar-refractivity contribution in [1.82, 2.24) is 19.9 Å². The van der Waals surface area contributed by atoms with Gasteiger partial charge in [-0.15, -0.1) is 0 Å². The van der Waals surface area contributed by atoms with Crippen LogP contribution in [0.5, 0.6) is 0 Å². The van der Waals surface area contributed by atoms with E-state index in [2.05, 4.69) is 15.5 Å². The van der Waals surface area contributed by atoms with Crippen molar-refractivity contribution in [3.63, 3.8) is 0 Å². The maximum Gasteiger partial charge on any atom is 0.321 e. The first kappa shape index (κ1) is 12.7. The first-order valence-electron chi connectivity index (χ1n) is 6.71. The zero-order valence-corrected chi connectivity index (χ0v) is 11.4. The highest BCUT2D eigenvalue weighted by Crippen LogP contribution is 2.20. The number of rotatable bonds is 2. The molecule has 6 heteroatoms. The van der Waals surface area contributed by atoms with Gasteiger partial charge < -0.3 is 10.2 Å². The Bertz CT molecular complexity index is 578. The molecule has 0 radical (unpaired) electrons. The molecule has 1 N–H and O–H groups in total. The van der Waals surface area contributed by atoms with Crippen LogP contribution in [0.3, 0.4) is 0 Å². The molecule has 2 amide bonds. The number of aromatic nitrogens is 3. The van der Waals surface area contributed by atoms with Crippen LogP contribution in [0.1, 0.15) is 18.0 Å².